The molecule has 2 aliphatic heterocycles. The maximum absolute atomic E-state index is 13.1. The molecule has 0 spiro atoms. The van der Waals surface area contributed by atoms with Crippen LogP contribution in [0.3, 0.4) is 0 Å². The average molecular weight is 396 g/mol. The summed E-state index contributed by atoms with van der Waals surface area (Å²) in [5, 5.41) is 0.943. The Morgan fingerprint density at radius 1 is 1.17 bits per heavy atom. The molecule has 1 aromatic carbocycles. The minimum atomic E-state index is 0.0558. The van der Waals surface area contributed by atoms with Crippen molar-refractivity contribution in [3.63, 3.8) is 0 Å². The number of rotatable bonds is 4. The van der Waals surface area contributed by atoms with E-state index in [1.807, 2.05) is 41.0 Å². The van der Waals surface area contributed by atoms with Gasteiger partial charge in [0, 0.05) is 44.1 Å². The maximum atomic E-state index is 13.1. The van der Waals surface area contributed by atoms with Gasteiger partial charge in [-0.25, -0.2) is 0 Å². The topological polar surface area (TPSA) is 62.7 Å². The molecule has 3 heterocycles. The lowest BCUT2D eigenvalue weighted by molar-refractivity contribution is -0.134. The highest BCUT2D eigenvalue weighted by atomic mass is 16.5. The van der Waals surface area contributed by atoms with Gasteiger partial charge in [-0.2, -0.15) is 0 Å². The zero-order valence-corrected chi connectivity index (χ0v) is 17.3. The predicted octanol–water partition coefficient (Wildman–Crippen LogP) is 3.42. The Balaban J connectivity index is 1.41. The van der Waals surface area contributed by atoms with Crippen LogP contribution in [0, 0.1) is 12.8 Å². The molecule has 154 valence electrons. The molecule has 0 saturated carbocycles. The number of ether oxygens (including phenoxy) is 1. The molecule has 29 heavy (non-hydrogen) atoms. The van der Waals surface area contributed by atoms with Crippen LogP contribution in [0.1, 0.15) is 48.2 Å². The molecule has 0 N–H and O–H groups in total. The number of methoxy groups -OCH3 is 1. The van der Waals surface area contributed by atoms with Crippen LogP contribution in [0.5, 0.6) is 5.75 Å². The molecule has 2 saturated heterocycles. The number of piperidine rings is 2. The predicted molar refractivity (Wildman–Crippen MR) is 112 cm³/mol. The highest BCUT2D eigenvalue weighted by Crippen LogP contribution is 2.25. The van der Waals surface area contributed by atoms with Crippen LogP contribution >= 0.6 is 0 Å². The molecular weight excluding hydrogens is 366 g/mol. The van der Waals surface area contributed by atoms with E-state index in [4.69, 9.17) is 4.74 Å². The van der Waals surface area contributed by atoms with Crippen LogP contribution in [0.2, 0.25) is 0 Å². The third-order valence-corrected chi connectivity index (χ3v) is 6.25. The zero-order valence-electron chi connectivity index (χ0n) is 17.3. The lowest BCUT2D eigenvalue weighted by Gasteiger charge is -2.36. The quantitative estimate of drug-likeness (QED) is 0.796. The number of fused-ring (bicyclic) bond motifs is 1. The Morgan fingerprint density at radius 3 is 2.69 bits per heavy atom. The first-order valence-electron chi connectivity index (χ1n) is 10.6. The Bertz CT molecular complexity index is 919. The van der Waals surface area contributed by atoms with Crippen molar-refractivity contribution in [1.29, 1.82) is 0 Å². The van der Waals surface area contributed by atoms with Gasteiger partial charge in [0.05, 0.1) is 23.9 Å². The molecule has 1 aromatic heterocycles. The van der Waals surface area contributed by atoms with Gasteiger partial charge in [0.1, 0.15) is 5.75 Å². The second-order valence-corrected chi connectivity index (χ2v) is 8.21. The summed E-state index contributed by atoms with van der Waals surface area (Å²) >= 11 is 0. The Kier molecular flexibility index (Phi) is 5.69. The Morgan fingerprint density at radius 2 is 1.97 bits per heavy atom. The van der Waals surface area contributed by atoms with Gasteiger partial charge in [-0.1, -0.05) is 0 Å². The second kappa shape index (κ2) is 8.39. The molecule has 4 rings (SSSR count). The number of nitrogens with zero attached hydrogens (tertiary/aromatic N) is 3. The molecule has 2 aromatic rings. The van der Waals surface area contributed by atoms with Crippen LogP contribution in [0.4, 0.5) is 0 Å². The molecule has 6 nitrogen and oxygen atoms in total. The first-order valence-corrected chi connectivity index (χ1v) is 10.6. The summed E-state index contributed by atoms with van der Waals surface area (Å²) in [5.74, 6) is 1.60. The second-order valence-electron chi connectivity index (χ2n) is 8.21. The molecule has 2 fully saturated rings. The standard InChI is InChI=1S/C23H29N3O3/c1-16-20(13-18-6-7-19(29-2)14-21(18)24-16)23(28)25-11-8-17(9-12-25)15-26-10-4-3-5-22(26)27/h6-7,13-14,17H,3-5,8-12,15H2,1-2H3. The van der Waals surface area contributed by atoms with Crippen molar-refractivity contribution in [3.8, 4) is 5.75 Å². The molecule has 2 aliphatic rings. The van der Waals surface area contributed by atoms with Crippen molar-refractivity contribution in [2.75, 3.05) is 33.3 Å². The molecular formula is C23H29N3O3. The van der Waals surface area contributed by atoms with Gasteiger partial charge in [0.2, 0.25) is 5.91 Å². The molecule has 2 amide bonds. The molecule has 0 bridgehead atoms. The van der Waals surface area contributed by atoms with E-state index in [1.165, 1.54) is 0 Å². The fourth-order valence-corrected chi connectivity index (χ4v) is 4.44. The number of amides is 2. The minimum absolute atomic E-state index is 0.0558. The monoisotopic (exact) mass is 395 g/mol. The highest BCUT2D eigenvalue weighted by molar-refractivity contribution is 5.98. The Labute approximate surface area is 171 Å². The number of hydrogen-bond donors (Lipinski definition) is 0. The van der Waals surface area contributed by atoms with Crippen LogP contribution in [0.25, 0.3) is 10.9 Å². The van der Waals surface area contributed by atoms with Crippen molar-refractivity contribution >= 4 is 22.7 Å². The van der Waals surface area contributed by atoms with E-state index in [2.05, 4.69) is 4.98 Å². The maximum Gasteiger partial charge on any atom is 0.255 e. The van der Waals surface area contributed by atoms with E-state index >= 15 is 0 Å². The molecule has 0 atom stereocenters. The SMILES string of the molecule is COc1ccc2cc(C(=O)N3CCC(CN4CCCCC4=O)CC3)c(C)nc2c1. The summed E-state index contributed by atoms with van der Waals surface area (Å²) in [5.41, 5.74) is 2.26. The normalized spacial score (nSPS) is 18.3. The van der Waals surface area contributed by atoms with Crippen molar-refractivity contribution in [3.05, 3.63) is 35.5 Å². The number of aryl methyl sites for hydroxylation is 1. The van der Waals surface area contributed by atoms with Gasteiger partial charge in [0.25, 0.3) is 5.91 Å². The first-order chi connectivity index (χ1) is 14.0. The number of pyridine rings is 1. The average Bonchev–Trinajstić information content (AvgIpc) is 2.74. The summed E-state index contributed by atoms with van der Waals surface area (Å²) < 4.78 is 5.27. The molecule has 0 radical (unpaired) electrons. The van der Waals surface area contributed by atoms with E-state index in [0.717, 1.165) is 74.2 Å². The fourth-order valence-electron chi connectivity index (χ4n) is 4.44. The van der Waals surface area contributed by atoms with Crippen molar-refractivity contribution in [2.24, 2.45) is 5.92 Å². The van der Waals surface area contributed by atoms with Crippen LogP contribution in [-0.4, -0.2) is 59.9 Å². The lowest BCUT2D eigenvalue weighted by atomic mass is 9.94. The van der Waals surface area contributed by atoms with E-state index < -0.39 is 0 Å². The van der Waals surface area contributed by atoms with Gasteiger partial charge in [-0.3, -0.25) is 14.6 Å². The van der Waals surface area contributed by atoms with E-state index in [-0.39, 0.29) is 5.91 Å². The Hall–Kier alpha value is -2.63. The third kappa shape index (κ3) is 4.21. The van der Waals surface area contributed by atoms with Crippen molar-refractivity contribution < 1.29 is 14.3 Å². The van der Waals surface area contributed by atoms with Crippen molar-refractivity contribution in [2.45, 2.75) is 39.0 Å². The number of carbonyl (C=O) groups is 2. The van der Waals surface area contributed by atoms with E-state index in [0.29, 0.717) is 23.8 Å². The van der Waals surface area contributed by atoms with Gasteiger partial charge in [-0.15, -0.1) is 0 Å². The molecule has 0 aliphatic carbocycles. The van der Waals surface area contributed by atoms with Gasteiger partial charge >= 0.3 is 0 Å². The van der Waals surface area contributed by atoms with Crippen LogP contribution < -0.4 is 4.74 Å². The van der Waals surface area contributed by atoms with Gasteiger partial charge in [-0.05, 0) is 56.7 Å². The third-order valence-electron chi connectivity index (χ3n) is 6.25. The summed E-state index contributed by atoms with van der Waals surface area (Å²) in [6, 6.07) is 7.67. The molecule has 6 heteroatoms. The summed E-state index contributed by atoms with van der Waals surface area (Å²) in [6.45, 7) is 5.11. The van der Waals surface area contributed by atoms with E-state index in [9.17, 15) is 9.59 Å². The summed E-state index contributed by atoms with van der Waals surface area (Å²) in [7, 11) is 1.64. The number of aromatic nitrogens is 1. The fraction of sp³-hybridized carbons (Fsp3) is 0.522. The summed E-state index contributed by atoms with van der Waals surface area (Å²) in [4.78, 5) is 33.8. The molecule has 0 unspecified atom stereocenters. The van der Waals surface area contributed by atoms with E-state index in [1.54, 1.807) is 7.11 Å². The lowest BCUT2D eigenvalue weighted by Crippen LogP contribution is -2.44. The number of carbonyl (C=O) groups excluding carboxylic acids is 2. The van der Waals surface area contributed by atoms with Crippen LogP contribution in [0.15, 0.2) is 24.3 Å². The number of benzene rings is 1. The zero-order chi connectivity index (χ0) is 20.4. The summed E-state index contributed by atoms with van der Waals surface area (Å²) in [6.07, 6.45) is 4.73. The first kappa shape index (κ1) is 19.7. The van der Waals surface area contributed by atoms with Crippen LogP contribution in [-0.2, 0) is 4.79 Å². The van der Waals surface area contributed by atoms with Gasteiger partial charge in [0.15, 0.2) is 0 Å². The number of likely N-dealkylation sites (tertiary alicyclic amines) is 2. The van der Waals surface area contributed by atoms with Crippen molar-refractivity contribution in [1.82, 2.24) is 14.8 Å². The number of hydrogen-bond acceptors (Lipinski definition) is 4. The largest absolute Gasteiger partial charge is 0.497 e. The van der Waals surface area contributed by atoms with Gasteiger partial charge < -0.3 is 14.5 Å². The smallest absolute Gasteiger partial charge is 0.255 e. The minimum Gasteiger partial charge on any atom is -0.497 e. The highest BCUT2D eigenvalue weighted by Gasteiger charge is 2.28.